The first kappa shape index (κ1) is 13.1. The maximum atomic E-state index is 5.25. The molecule has 1 heterocycles. The summed E-state index contributed by atoms with van der Waals surface area (Å²) in [6.45, 7) is 4.49. The third-order valence-corrected chi connectivity index (χ3v) is 3.53. The lowest BCUT2D eigenvalue weighted by Gasteiger charge is -2.16. The predicted octanol–water partition coefficient (Wildman–Crippen LogP) is 1.92. The molecule has 1 aliphatic heterocycles. The van der Waals surface area contributed by atoms with Crippen LogP contribution in [0.15, 0.2) is 30.3 Å². The fourth-order valence-corrected chi connectivity index (χ4v) is 2.48. The molecule has 0 radical (unpaired) electrons. The van der Waals surface area contributed by atoms with Crippen LogP contribution in [0.4, 0.5) is 0 Å². The minimum Gasteiger partial charge on any atom is -0.312 e. The van der Waals surface area contributed by atoms with Crippen LogP contribution in [-0.2, 0) is 6.42 Å². The maximum Gasteiger partial charge on any atom is 0.0212 e. The first-order valence-electron chi connectivity index (χ1n) is 6.81. The normalized spacial score (nSPS) is 19.8. The second-order valence-electron chi connectivity index (χ2n) is 4.93. The van der Waals surface area contributed by atoms with Crippen molar-refractivity contribution >= 4 is 0 Å². The van der Waals surface area contributed by atoms with Gasteiger partial charge in [-0.05, 0) is 24.9 Å². The van der Waals surface area contributed by atoms with Crippen molar-refractivity contribution < 1.29 is 0 Å². The lowest BCUT2D eigenvalue weighted by atomic mass is 10.1. The molecule has 18 heavy (non-hydrogen) atoms. The third-order valence-electron chi connectivity index (χ3n) is 3.53. The van der Waals surface area contributed by atoms with Gasteiger partial charge in [0.25, 0.3) is 0 Å². The standard InChI is InChI=1S/C16H22N2/c1-2-3-11-17-16-10-13-18(14-16)12-9-15-7-5-4-6-8-15/h1,4-8,16-17H,3,9-14H2. The molecular weight excluding hydrogens is 220 g/mol. The molecule has 1 unspecified atom stereocenters. The Labute approximate surface area is 110 Å². The average Bonchev–Trinajstić information content (AvgIpc) is 2.86. The Balaban J connectivity index is 1.65. The van der Waals surface area contributed by atoms with Gasteiger partial charge >= 0.3 is 0 Å². The van der Waals surface area contributed by atoms with Gasteiger partial charge in [-0.1, -0.05) is 30.3 Å². The van der Waals surface area contributed by atoms with E-state index in [0.717, 1.165) is 32.5 Å². The fraction of sp³-hybridized carbons (Fsp3) is 0.500. The SMILES string of the molecule is C#CCCNC1CCN(CCc2ccccc2)C1. The summed E-state index contributed by atoms with van der Waals surface area (Å²) < 4.78 is 0. The van der Waals surface area contributed by atoms with Gasteiger partial charge in [0, 0.05) is 32.1 Å². The van der Waals surface area contributed by atoms with Gasteiger partial charge < -0.3 is 10.2 Å². The van der Waals surface area contributed by atoms with E-state index in [1.165, 1.54) is 18.5 Å². The summed E-state index contributed by atoms with van der Waals surface area (Å²) in [6.07, 6.45) is 8.49. The van der Waals surface area contributed by atoms with Crippen molar-refractivity contribution in [1.82, 2.24) is 10.2 Å². The van der Waals surface area contributed by atoms with Crippen LogP contribution in [0.25, 0.3) is 0 Å². The van der Waals surface area contributed by atoms with Gasteiger partial charge in [0.05, 0.1) is 0 Å². The highest BCUT2D eigenvalue weighted by atomic mass is 15.2. The van der Waals surface area contributed by atoms with Crippen LogP contribution in [0.1, 0.15) is 18.4 Å². The van der Waals surface area contributed by atoms with Crippen molar-refractivity contribution in [3.8, 4) is 12.3 Å². The summed E-state index contributed by atoms with van der Waals surface area (Å²) in [5.41, 5.74) is 1.43. The Hall–Kier alpha value is -1.30. The van der Waals surface area contributed by atoms with Crippen LogP contribution in [0, 0.1) is 12.3 Å². The lowest BCUT2D eigenvalue weighted by molar-refractivity contribution is 0.332. The Morgan fingerprint density at radius 2 is 2.17 bits per heavy atom. The number of rotatable bonds is 6. The molecule has 0 spiro atoms. The molecule has 1 aliphatic rings. The topological polar surface area (TPSA) is 15.3 Å². The highest BCUT2D eigenvalue weighted by Crippen LogP contribution is 2.10. The molecular formula is C16H22N2. The second-order valence-corrected chi connectivity index (χ2v) is 4.93. The van der Waals surface area contributed by atoms with Crippen molar-refractivity contribution in [3.05, 3.63) is 35.9 Å². The average molecular weight is 242 g/mol. The molecule has 1 N–H and O–H groups in total. The minimum absolute atomic E-state index is 0.633. The Kier molecular flexibility index (Phi) is 5.26. The van der Waals surface area contributed by atoms with E-state index in [0.29, 0.717) is 6.04 Å². The molecule has 0 bridgehead atoms. The zero-order valence-corrected chi connectivity index (χ0v) is 10.9. The lowest BCUT2D eigenvalue weighted by Crippen LogP contribution is -2.33. The van der Waals surface area contributed by atoms with Crippen LogP contribution >= 0.6 is 0 Å². The molecule has 1 saturated heterocycles. The van der Waals surface area contributed by atoms with Crippen LogP contribution in [0.2, 0.25) is 0 Å². The summed E-state index contributed by atoms with van der Waals surface area (Å²) in [6, 6.07) is 11.4. The first-order valence-corrected chi connectivity index (χ1v) is 6.81. The highest BCUT2D eigenvalue weighted by Gasteiger charge is 2.20. The number of likely N-dealkylation sites (tertiary alicyclic amines) is 1. The van der Waals surface area contributed by atoms with E-state index >= 15 is 0 Å². The number of hydrogen-bond acceptors (Lipinski definition) is 2. The number of terminal acetylenes is 1. The van der Waals surface area contributed by atoms with E-state index in [-0.39, 0.29) is 0 Å². The third kappa shape index (κ3) is 4.18. The zero-order chi connectivity index (χ0) is 12.6. The van der Waals surface area contributed by atoms with Crippen LogP contribution in [0.5, 0.6) is 0 Å². The maximum absolute atomic E-state index is 5.25. The molecule has 1 fully saturated rings. The van der Waals surface area contributed by atoms with Gasteiger partial charge in [-0.25, -0.2) is 0 Å². The van der Waals surface area contributed by atoms with Gasteiger partial charge in [-0.15, -0.1) is 12.3 Å². The van der Waals surface area contributed by atoms with Crippen LogP contribution in [0.3, 0.4) is 0 Å². The molecule has 1 atom stereocenters. The van der Waals surface area contributed by atoms with Crippen LogP contribution in [-0.4, -0.2) is 37.1 Å². The number of hydrogen-bond donors (Lipinski definition) is 1. The van der Waals surface area contributed by atoms with Gasteiger partial charge in [0.15, 0.2) is 0 Å². The van der Waals surface area contributed by atoms with Gasteiger partial charge in [0.2, 0.25) is 0 Å². The molecule has 96 valence electrons. The van der Waals surface area contributed by atoms with E-state index in [9.17, 15) is 0 Å². The number of nitrogens with zero attached hydrogens (tertiary/aromatic N) is 1. The van der Waals surface area contributed by atoms with Gasteiger partial charge in [-0.2, -0.15) is 0 Å². The van der Waals surface area contributed by atoms with Crippen molar-refractivity contribution in [2.45, 2.75) is 25.3 Å². The highest BCUT2D eigenvalue weighted by molar-refractivity contribution is 5.14. The fourth-order valence-electron chi connectivity index (χ4n) is 2.48. The van der Waals surface area contributed by atoms with E-state index < -0.39 is 0 Å². The molecule has 0 aromatic heterocycles. The summed E-state index contributed by atoms with van der Waals surface area (Å²) in [4.78, 5) is 2.54. The molecule has 1 aromatic carbocycles. The number of benzene rings is 1. The second kappa shape index (κ2) is 7.20. The summed E-state index contributed by atoms with van der Waals surface area (Å²) in [5, 5.41) is 3.53. The first-order chi connectivity index (χ1) is 8.88. The van der Waals surface area contributed by atoms with Crippen molar-refractivity contribution in [2.75, 3.05) is 26.2 Å². The van der Waals surface area contributed by atoms with E-state index in [1.807, 2.05) is 0 Å². The molecule has 1 aromatic rings. The molecule has 2 rings (SSSR count). The predicted molar refractivity (Wildman–Crippen MR) is 76.4 cm³/mol. The Morgan fingerprint density at radius 3 is 2.94 bits per heavy atom. The van der Waals surface area contributed by atoms with Gasteiger partial charge in [-0.3, -0.25) is 0 Å². The summed E-state index contributed by atoms with van der Waals surface area (Å²) in [7, 11) is 0. The summed E-state index contributed by atoms with van der Waals surface area (Å²) >= 11 is 0. The van der Waals surface area contributed by atoms with Crippen LogP contribution < -0.4 is 5.32 Å². The summed E-state index contributed by atoms with van der Waals surface area (Å²) in [5.74, 6) is 2.67. The van der Waals surface area contributed by atoms with Gasteiger partial charge in [0.1, 0.15) is 0 Å². The molecule has 2 nitrogen and oxygen atoms in total. The quantitative estimate of drug-likeness (QED) is 0.605. The number of nitrogens with one attached hydrogen (secondary N) is 1. The Bertz CT molecular complexity index is 380. The smallest absolute Gasteiger partial charge is 0.0212 e. The van der Waals surface area contributed by atoms with E-state index in [2.05, 4.69) is 46.5 Å². The van der Waals surface area contributed by atoms with E-state index in [4.69, 9.17) is 6.42 Å². The molecule has 0 saturated carbocycles. The molecule has 0 aliphatic carbocycles. The molecule has 2 heteroatoms. The van der Waals surface area contributed by atoms with Crippen molar-refractivity contribution in [2.24, 2.45) is 0 Å². The minimum atomic E-state index is 0.633. The van der Waals surface area contributed by atoms with E-state index in [1.54, 1.807) is 0 Å². The zero-order valence-electron chi connectivity index (χ0n) is 10.9. The van der Waals surface area contributed by atoms with Crippen molar-refractivity contribution in [3.63, 3.8) is 0 Å². The molecule has 0 amide bonds. The van der Waals surface area contributed by atoms with Crippen molar-refractivity contribution in [1.29, 1.82) is 0 Å². The Morgan fingerprint density at radius 1 is 1.33 bits per heavy atom. The largest absolute Gasteiger partial charge is 0.312 e. The monoisotopic (exact) mass is 242 g/mol.